The second-order valence-electron chi connectivity index (χ2n) is 4.62. The van der Waals surface area contributed by atoms with E-state index in [1.807, 2.05) is 36.4 Å². The maximum absolute atomic E-state index is 11.9. The zero-order valence-corrected chi connectivity index (χ0v) is 10.8. The molecule has 0 unspecified atom stereocenters. The molecule has 0 atom stereocenters. The molecule has 3 aromatic rings. The van der Waals surface area contributed by atoms with Gasteiger partial charge in [0.05, 0.1) is 0 Å². The molecule has 0 aliphatic carbocycles. The van der Waals surface area contributed by atoms with Crippen LogP contribution in [0.15, 0.2) is 59.4 Å². The van der Waals surface area contributed by atoms with Gasteiger partial charge < -0.3 is 15.4 Å². The lowest BCUT2D eigenvalue weighted by Crippen LogP contribution is -2.10. The third-order valence-electron chi connectivity index (χ3n) is 3.17. The van der Waals surface area contributed by atoms with Gasteiger partial charge in [0.1, 0.15) is 11.6 Å². The van der Waals surface area contributed by atoms with Crippen molar-refractivity contribution in [2.24, 2.45) is 0 Å². The molecule has 100 valence electrons. The van der Waals surface area contributed by atoms with Crippen molar-refractivity contribution in [2.75, 3.05) is 5.32 Å². The van der Waals surface area contributed by atoms with Crippen LogP contribution in [0.4, 0.5) is 5.82 Å². The van der Waals surface area contributed by atoms with Gasteiger partial charge in [-0.2, -0.15) is 0 Å². The molecule has 0 radical (unpaired) electrons. The van der Waals surface area contributed by atoms with E-state index in [0.29, 0.717) is 17.7 Å². The quantitative estimate of drug-likeness (QED) is 0.683. The number of hydrogen-bond acceptors (Lipinski definition) is 3. The first-order chi connectivity index (χ1) is 9.72. The molecular weight excluding hydrogens is 252 g/mol. The highest BCUT2D eigenvalue weighted by Gasteiger charge is 2.01. The van der Waals surface area contributed by atoms with Gasteiger partial charge in [-0.25, -0.2) is 0 Å². The van der Waals surface area contributed by atoms with Crippen molar-refractivity contribution >= 4 is 16.6 Å². The van der Waals surface area contributed by atoms with E-state index in [9.17, 15) is 9.90 Å². The molecule has 20 heavy (non-hydrogen) atoms. The van der Waals surface area contributed by atoms with Crippen molar-refractivity contribution in [2.45, 2.75) is 6.54 Å². The molecule has 0 bridgehead atoms. The average molecular weight is 266 g/mol. The SMILES string of the molecule is O=c1[nH]c(NCc2ccc(O)cc2)cc2ccccc12. The molecule has 2 aromatic carbocycles. The summed E-state index contributed by atoms with van der Waals surface area (Å²) < 4.78 is 0. The van der Waals surface area contributed by atoms with Gasteiger partial charge in [0, 0.05) is 11.9 Å². The van der Waals surface area contributed by atoms with Crippen molar-refractivity contribution in [1.82, 2.24) is 4.98 Å². The lowest BCUT2D eigenvalue weighted by Gasteiger charge is -2.07. The Bertz CT molecular complexity index is 791. The standard InChI is InChI=1S/C16H14N2O2/c19-13-7-5-11(6-8-13)10-17-15-9-12-3-1-2-4-14(12)16(20)18-15/h1-9,19H,10H2,(H2,17,18,20). The summed E-state index contributed by atoms with van der Waals surface area (Å²) in [5.74, 6) is 0.926. The number of hydrogen-bond donors (Lipinski definition) is 3. The summed E-state index contributed by atoms with van der Waals surface area (Å²) in [6.07, 6.45) is 0. The predicted molar refractivity (Wildman–Crippen MR) is 80.0 cm³/mol. The van der Waals surface area contributed by atoms with Crippen molar-refractivity contribution < 1.29 is 5.11 Å². The summed E-state index contributed by atoms with van der Waals surface area (Å²) in [7, 11) is 0. The van der Waals surface area contributed by atoms with Crippen LogP contribution in [0.2, 0.25) is 0 Å². The van der Waals surface area contributed by atoms with Crippen molar-refractivity contribution in [1.29, 1.82) is 0 Å². The molecule has 0 fully saturated rings. The van der Waals surface area contributed by atoms with E-state index in [4.69, 9.17) is 0 Å². The lowest BCUT2D eigenvalue weighted by molar-refractivity contribution is 0.475. The molecule has 3 rings (SSSR count). The Kier molecular flexibility index (Phi) is 3.13. The largest absolute Gasteiger partial charge is 0.508 e. The topological polar surface area (TPSA) is 65.1 Å². The van der Waals surface area contributed by atoms with E-state index in [1.165, 1.54) is 0 Å². The van der Waals surface area contributed by atoms with Gasteiger partial charge in [-0.3, -0.25) is 4.79 Å². The highest BCUT2D eigenvalue weighted by atomic mass is 16.3. The fraction of sp³-hybridized carbons (Fsp3) is 0.0625. The number of nitrogens with one attached hydrogen (secondary N) is 2. The number of phenolic OH excluding ortho intramolecular Hbond substituents is 1. The molecule has 3 N–H and O–H groups in total. The Morgan fingerprint density at radius 2 is 1.80 bits per heavy atom. The Labute approximate surface area is 115 Å². The summed E-state index contributed by atoms with van der Waals surface area (Å²) in [6, 6.07) is 16.3. The zero-order chi connectivity index (χ0) is 13.9. The first-order valence-corrected chi connectivity index (χ1v) is 6.36. The van der Waals surface area contributed by atoms with Gasteiger partial charge in [0.15, 0.2) is 0 Å². The zero-order valence-electron chi connectivity index (χ0n) is 10.8. The van der Waals surface area contributed by atoms with Gasteiger partial charge in [-0.1, -0.05) is 30.3 Å². The smallest absolute Gasteiger partial charge is 0.257 e. The van der Waals surface area contributed by atoms with E-state index in [-0.39, 0.29) is 11.3 Å². The number of aromatic hydroxyl groups is 1. The number of fused-ring (bicyclic) bond motifs is 1. The van der Waals surface area contributed by atoms with Crippen LogP contribution < -0.4 is 10.9 Å². The summed E-state index contributed by atoms with van der Waals surface area (Å²) in [4.78, 5) is 14.7. The Balaban J connectivity index is 1.84. The molecule has 1 heterocycles. The van der Waals surface area contributed by atoms with Crippen LogP contribution in [0.25, 0.3) is 10.8 Å². The fourth-order valence-electron chi connectivity index (χ4n) is 2.12. The molecular formula is C16H14N2O2. The first-order valence-electron chi connectivity index (χ1n) is 6.36. The predicted octanol–water partition coefficient (Wildman–Crippen LogP) is 2.85. The first kappa shape index (κ1) is 12.3. The minimum atomic E-state index is -0.101. The number of anilines is 1. The van der Waals surface area contributed by atoms with Crippen LogP contribution >= 0.6 is 0 Å². The minimum absolute atomic E-state index is 0.101. The third kappa shape index (κ3) is 2.49. The van der Waals surface area contributed by atoms with Crippen LogP contribution in [0, 0.1) is 0 Å². The van der Waals surface area contributed by atoms with E-state index >= 15 is 0 Å². The normalized spacial score (nSPS) is 10.6. The molecule has 4 nitrogen and oxygen atoms in total. The Morgan fingerprint density at radius 1 is 1.05 bits per heavy atom. The average Bonchev–Trinajstić information content (AvgIpc) is 2.47. The molecule has 0 spiro atoms. The van der Waals surface area contributed by atoms with Crippen LogP contribution in [-0.2, 0) is 6.54 Å². The highest BCUT2D eigenvalue weighted by Crippen LogP contribution is 2.14. The van der Waals surface area contributed by atoms with Gasteiger partial charge in [-0.05, 0) is 35.2 Å². The van der Waals surface area contributed by atoms with E-state index < -0.39 is 0 Å². The van der Waals surface area contributed by atoms with Gasteiger partial charge >= 0.3 is 0 Å². The van der Waals surface area contributed by atoms with Gasteiger partial charge in [0.25, 0.3) is 5.56 Å². The summed E-state index contributed by atoms with van der Waals surface area (Å²) in [5, 5.41) is 14.0. The van der Waals surface area contributed by atoms with Crippen LogP contribution in [0.1, 0.15) is 5.56 Å². The molecule has 0 aliphatic heterocycles. The number of rotatable bonds is 3. The van der Waals surface area contributed by atoms with E-state index in [1.54, 1.807) is 18.2 Å². The van der Waals surface area contributed by atoms with E-state index in [2.05, 4.69) is 10.3 Å². The molecule has 1 aromatic heterocycles. The van der Waals surface area contributed by atoms with Crippen molar-refractivity contribution in [3.05, 3.63) is 70.5 Å². The molecule has 0 aliphatic rings. The maximum Gasteiger partial charge on any atom is 0.257 e. The highest BCUT2D eigenvalue weighted by molar-refractivity contribution is 5.83. The second kappa shape index (κ2) is 5.09. The molecule has 4 heteroatoms. The second-order valence-corrected chi connectivity index (χ2v) is 4.62. The van der Waals surface area contributed by atoms with E-state index in [0.717, 1.165) is 10.9 Å². The van der Waals surface area contributed by atoms with Crippen molar-refractivity contribution in [3.8, 4) is 5.75 Å². The van der Waals surface area contributed by atoms with Crippen LogP contribution in [0.3, 0.4) is 0 Å². The third-order valence-corrected chi connectivity index (χ3v) is 3.17. The summed E-state index contributed by atoms with van der Waals surface area (Å²) in [6.45, 7) is 0.578. The van der Waals surface area contributed by atoms with Gasteiger partial charge in [-0.15, -0.1) is 0 Å². The maximum atomic E-state index is 11.9. The van der Waals surface area contributed by atoms with Crippen LogP contribution in [-0.4, -0.2) is 10.1 Å². The molecule has 0 amide bonds. The number of benzene rings is 2. The van der Waals surface area contributed by atoms with Crippen molar-refractivity contribution in [3.63, 3.8) is 0 Å². The monoisotopic (exact) mass is 266 g/mol. The van der Waals surface area contributed by atoms with Gasteiger partial charge in [0.2, 0.25) is 0 Å². The van der Waals surface area contributed by atoms with Crippen LogP contribution in [0.5, 0.6) is 5.75 Å². The number of aromatic nitrogens is 1. The number of aromatic amines is 1. The Hall–Kier alpha value is -2.75. The summed E-state index contributed by atoms with van der Waals surface area (Å²) in [5.41, 5.74) is 0.924. The fourth-order valence-corrected chi connectivity index (χ4v) is 2.12. The molecule has 0 saturated carbocycles. The number of phenols is 1. The number of pyridine rings is 1. The number of H-pyrrole nitrogens is 1. The summed E-state index contributed by atoms with van der Waals surface area (Å²) >= 11 is 0. The minimum Gasteiger partial charge on any atom is -0.508 e. The Morgan fingerprint density at radius 3 is 2.60 bits per heavy atom. The lowest BCUT2D eigenvalue weighted by atomic mass is 10.1. The molecule has 0 saturated heterocycles.